The predicted octanol–water partition coefficient (Wildman–Crippen LogP) is 2.39. The Morgan fingerprint density at radius 1 is 1.55 bits per heavy atom. The van der Waals surface area contributed by atoms with E-state index in [0.717, 1.165) is 12.8 Å². The lowest BCUT2D eigenvalue weighted by Crippen LogP contribution is -2.33. The molecule has 5 nitrogen and oxygen atoms in total. The third kappa shape index (κ3) is 2.97. The summed E-state index contributed by atoms with van der Waals surface area (Å²) in [4.78, 5) is 24.6. The molecule has 0 radical (unpaired) electrons. The lowest BCUT2D eigenvalue weighted by molar-refractivity contribution is -0.385. The SMILES string of the molecule is C#CCN(CC1CC1)C(=O)c1cccc([N+](=O)[O-])c1C. The Labute approximate surface area is 117 Å². The van der Waals surface area contributed by atoms with Crippen molar-refractivity contribution in [3.05, 3.63) is 39.4 Å². The molecule has 1 aliphatic rings. The summed E-state index contributed by atoms with van der Waals surface area (Å²) in [5, 5.41) is 10.9. The largest absolute Gasteiger partial charge is 0.327 e. The van der Waals surface area contributed by atoms with Crippen molar-refractivity contribution in [1.82, 2.24) is 4.90 Å². The van der Waals surface area contributed by atoms with Gasteiger partial charge in [-0.1, -0.05) is 12.0 Å². The van der Waals surface area contributed by atoms with Crippen molar-refractivity contribution >= 4 is 11.6 Å². The zero-order chi connectivity index (χ0) is 14.7. The Morgan fingerprint density at radius 2 is 2.25 bits per heavy atom. The number of hydrogen-bond acceptors (Lipinski definition) is 3. The molecule has 1 aromatic carbocycles. The first-order chi connectivity index (χ1) is 9.54. The number of nitrogens with zero attached hydrogens (tertiary/aromatic N) is 2. The molecule has 104 valence electrons. The van der Waals surface area contributed by atoms with Crippen LogP contribution in [0.1, 0.15) is 28.8 Å². The van der Waals surface area contributed by atoms with E-state index in [0.29, 0.717) is 23.6 Å². The van der Waals surface area contributed by atoms with Crippen LogP contribution in [0, 0.1) is 35.3 Å². The van der Waals surface area contributed by atoms with Crippen LogP contribution < -0.4 is 0 Å². The first-order valence-electron chi connectivity index (χ1n) is 6.51. The van der Waals surface area contributed by atoms with Crippen molar-refractivity contribution < 1.29 is 9.72 Å². The normalized spacial score (nSPS) is 13.6. The van der Waals surface area contributed by atoms with E-state index in [2.05, 4.69) is 5.92 Å². The van der Waals surface area contributed by atoms with E-state index in [1.807, 2.05) is 0 Å². The summed E-state index contributed by atoms with van der Waals surface area (Å²) in [5.74, 6) is 2.77. The molecule has 1 aromatic rings. The molecule has 1 saturated carbocycles. The number of nitro benzene ring substituents is 1. The molecular formula is C15H16N2O3. The van der Waals surface area contributed by atoms with Crippen LogP contribution in [-0.2, 0) is 0 Å². The molecule has 0 unspecified atom stereocenters. The van der Waals surface area contributed by atoms with Gasteiger partial charge in [-0.2, -0.15) is 0 Å². The number of carbonyl (C=O) groups is 1. The number of benzene rings is 1. The van der Waals surface area contributed by atoms with Crippen molar-refractivity contribution in [3.63, 3.8) is 0 Å². The molecule has 0 heterocycles. The summed E-state index contributed by atoms with van der Waals surface area (Å²) in [5.41, 5.74) is 0.707. The van der Waals surface area contributed by atoms with Crippen LogP contribution in [0.2, 0.25) is 0 Å². The highest BCUT2D eigenvalue weighted by molar-refractivity contribution is 5.96. The first-order valence-corrected chi connectivity index (χ1v) is 6.51. The van der Waals surface area contributed by atoms with Crippen LogP contribution in [-0.4, -0.2) is 28.8 Å². The van der Waals surface area contributed by atoms with Crippen LogP contribution >= 0.6 is 0 Å². The molecule has 1 amide bonds. The maximum absolute atomic E-state index is 12.5. The quantitative estimate of drug-likeness (QED) is 0.469. The molecule has 0 saturated heterocycles. The smallest absolute Gasteiger partial charge is 0.273 e. The molecule has 5 heteroatoms. The fourth-order valence-corrected chi connectivity index (χ4v) is 2.16. The van der Waals surface area contributed by atoms with Gasteiger partial charge in [0.2, 0.25) is 0 Å². The zero-order valence-electron chi connectivity index (χ0n) is 11.3. The highest BCUT2D eigenvalue weighted by Gasteiger charge is 2.28. The topological polar surface area (TPSA) is 63.5 Å². The Hall–Kier alpha value is -2.35. The molecule has 0 spiro atoms. The van der Waals surface area contributed by atoms with Gasteiger partial charge in [0.1, 0.15) is 0 Å². The van der Waals surface area contributed by atoms with Crippen molar-refractivity contribution in [2.75, 3.05) is 13.1 Å². The first kappa shape index (κ1) is 14.1. The summed E-state index contributed by atoms with van der Waals surface area (Å²) in [7, 11) is 0. The van der Waals surface area contributed by atoms with Gasteiger partial charge in [-0.3, -0.25) is 14.9 Å². The van der Waals surface area contributed by atoms with Gasteiger partial charge in [-0.25, -0.2) is 0 Å². The van der Waals surface area contributed by atoms with Gasteiger partial charge in [0, 0.05) is 23.7 Å². The van der Waals surface area contributed by atoms with Crippen LogP contribution in [0.3, 0.4) is 0 Å². The minimum absolute atomic E-state index is 0.0390. The Balaban J connectivity index is 2.28. The predicted molar refractivity (Wildman–Crippen MR) is 75.3 cm³/mol. The fraction of sp³-hybridized carbons (Fsp3) is 0.400. The summed E-state index contributed by atoms with van der Waals surface area (Å²) in [6, 6.07) is 4.54. The van der Waals surface area contributed by atoms with E-state index in [4.69, 9.17) is 6.42 Å². The molecule has 0 aromatic heterocycles. The van der Waals surface area contributed by atoms with Crippen LogP contribution in [0.15, 0.2) is 18.2 Å². The van der Waals surface area contributed by atoms with Gasteiger partial charge in [0.15, 0.2) is 0 Å². The van der Waals surface area contributed by atoms with Crippen molar-refractivity contribution in [3.8, 4) is 12.3 Å². The van der Waals surface area contributed by atoms with E-state index in [-0.39, 0.29) is 18.1 Å². The third-order valence-corrected chi connectivity index (χ3v) is 3.48. The number of carbonyl (C=O) groups excluding carboxylic acids is 1. The Morgan fingerprint density at radius 3 is 2.80 bits per heavy atom. The third-order valence-electron chi connectivity index (χ3n) is 3.48. The molecule has 20 heavy (non-hydrogen) atoms. The molecule has 0 bridgehead atoms. The number of rotatable bonds is 5. The van der Waals surface area contributed by atoms with E-state index < -0.39 is 4.92 Å². The van der Waals surface area contributed by atoms with Gasteiger partial charge in [0.25, 0.3) is 11.6 Å². The fourth-order valence-electron chi connectivity index (χ4n) is 2.16. The monoisotopic (exact) mass is 272 g/mol. The second-order valence-corrected chi connectivity index (χ2v) is 5.04. The highest BCUT2D eigenvalue weighted by Crippen LogP contribution is 2.30. The average molecular weight is 272 g/mol. The van der Waals surface area contributed by atoms with Crippen LogP contribution in [0.4, 0.5) is 5.69 Å². The minimum atomic E-state index is -0.474. The van der Waals surface area contributed by atoms with Crippen LogP contribution in [0.5, 0.6) is 0 Å². The molecule has 0 atom stereocenters. The number of nitro groups is 1. The standard InChI is InChI=1S/C15H16N2O3/c1-3-9-16(10-12-7-8-12)15(18)13-5-4-6-14(11(13)2)17(19)20/h1,4-6,12H,7-10H2,2H3. The average Bonchev–Trinajstić information content (AvgIpc) is 3.21. The molecule has 1 fully saturated rings. The maximum Gasteiger partial charge on any atom is 0.273 e. The van der Waals surface area contributed by atoms with E-state index in [1.165, 1.54) is 12.1 Å². The van der Waals surface area contributed by atoms with Gasteiger partial charge in [-0.15, -0.1) is 6.42 Å². The summed E-state index contributed by atoms with van der Waals surface area (Å²) in [6.07, 6.45) is 7.53. The van der Waals surface area contributed by atoms with Crippen LogP contribution in [0.25, 0.3) is 0 Å². The molecule has 0 aliphatic heterocycles. The van der Waals surface area contributed by atoms with E-state index >= 15 is 0 Å². The van der Waals surface area contributed by atoms with Crippen molar-refractivity contribution in [2.24, 2.45) is 5.92 Å². The zero-order valence-corrected chi connectivity index (χ0v) is 11.3. The summed E-state index contributed by atoms with van der Waals surface area (Å²) >= 11 is 0. The Bertz CT molecular complexity index is 585. The number of hydrogen-bond donors (Lipinski definition) is 0. The van der Waals surface area contributed by atoms with Gasteiger partial charge < -0.3 is 4.90 Å². The second kappa shape index (κ2) is 5.74. The lowest BCUT2D eigenvalue weighted by atomic mass is 10.1. The molecular weight excluding hydrogens is 256 g/mol. The Kier molecular flexibility index (Phi) is 4.04. The minimum Gasteiger partial charge on any atom is -0.327 e. The van der Waals surface area contributed by atoms with E-state index in [1.54, 1.807) is 17.9 Å². The molecule has 1 aliphatic carbocycles. The number of amides is 1. The second-order valence-electron chi connectivity index (χ2n) is 5.04. The number of terminal acetylenes is 1. The van der Waals surface area contributed by atoms with Gasteiger partial charge in [0.05, 0.1) is 11.5 Å². The van der Waals surface area contributed by atoms with Crippen molar-refractivity contribution in [1.29, 1.82) is 0 Å². The van der Waals surface area contributed by atoms with Crippen molar-refractivity contribution in [2.45, 2.75) is 19.8 Å². The van der Waals surface area contributed by atoms with E-state index in [9.17, 15) is 14.9 Å². The lowest BCUT2D eigenvalue weighted by Gasteiger charge is -2.21. The summed E-state index contributed by atoms with van der Waals surface area (Å²) in [6.45, 7) is 2.46. The van der Waals surface area contributed by atoms with Gasteiger partial charge in [-0.05, 0) is 31.7 Å². The highest BCUT2D eigenvalue weighted by atomic mass is 16.6. The molecule has 2 rings (SSSR count). The van der Waals surface area contributed by atoms with Gasteiger partial charge >= 0.3 is 0 Å². The molecule has 0 N–H and O–H groups in total. The maximum atomic E-state index is 12.5. The summed E-state index contributed by atoms with van der Waals surface area (Å²) < 4.78 is 0.